The van der Waals surface area contributed by atoms with Crippen LogP contribution in [0.3, 0.4) is 0 Å². The standard InChI is InChI=1S/C17H21N3O2S2/c1-3-8-18-13(21)10-23-17-19-15-14(16(22)20(17)9-4-2)11-6-5-7-12(11)24-15/h4H,2-3,5-10H2,1H3,(H,18,21). The maximum Gasteiger partial charge on any atom is 0.263 e. The molecule has 1 aliphatic carbocycles. The van der Waals surface area contributed by atoms with Crippen molar-refractivity contribution < 1.29 is 4.79 Å². The van der Waals surface area contributed by atoms with Gasteiger partial charge in [-0.1, -0.05) is 24.8 Å². The van der Waals surface area contributed by atoms with E-state index >= 15 is 0 Å². The van der Waals surface area contributed by atoms with Crippen LogP contribution in [0.15, 0.2) is 22.6 Å². The van der Waals surface area contributed by atoms with Crippen LogP contribution in [0, 0.1) is 0 Å². The monoisotopic (exact) mass is 363 g/mol. The zero-order valence-corrected chi connectivity index (χ0v) is 15.4. The van der Waals surface area contributed by atoms with Crippen molar-refractivity contribution in [2.75, 3.05) is 12.3 Å². The highest BCUT2D eigenvalue weighted by Gasteiger charge is 2.23. The van der Waals surface area contributed by atoms with Crippen LogP contribution in [0.4, 0.5) is 0 Å². The molecule has 1 amide bonds. The summed E-state index contributed by atoms with van der Waals surface area (Å²) in [6, 6.07) is 0. The second-order valence-electron chi connectivity index (χ2n) is 5.77. The molecule has 1 aliphatic rings. The summed E-state index contributed by atoms with van der Waals surface area (Å²) in [5.41, 5.74) is 1.18. The molecule has 0 bridgehead atoms. The van der Waals surface area contributed by atoms with E-state index in [-0.39, 0.29) is 17.2 Å². The second kappa shape index (κ2) is 7.53. The van der Waals surface area contributed by atoms with Crippen molar-refractivity contribution in [1.29, 1.82) is 0 Å². The summed E-state index contributed by atoms with van der Waals surface area (Å²) in [5.74, 6) is 0.232. The number of allylic oxidation sites excluding steroid dienone is 1. The van der Waals surface area contributed by atoms with E-state index in [1.165, 1.54) is 22.2 Å². The average molecular weight is 364 g/mol. The van der Waals surface area contributed by atoms with Gasteiger partial charge in [0, 0.05) is 18.0 Å². The minimum absolute atomic E-state index is 0.00392. The maximum atomic E-state index is 12.9. The molecule has 0 aromatic carbocycles. The van der Waals surface area contributed by atoms with Gasteiger partial charge in [-0.05, 0) is 31.2 Å². The van der Waals surface area contributed by atoms with Gasteiger partial charge >= 0.3 is 0 Å². The SMILES string of the molecule is C=CCn1c(SCC(=O)NCCC)nc2sc3c(c2c1=O)CCC3. The van der Waals surface area contributed by atoms with Crippen LogP contribution in [0.5, 0.6) is 0 Å². The first kappa shape index (κ1) is 17.2. The average Bonchev–Trinajstić information content (AvgIpc) is 3.14. The number of hydrogen-bond donors (Lipinski definition) is 1. The Balaban J connectivity index is 1.94. The molecule has 3 rings (SSSR count). The lowest BCUT2D eigenvalue weighted by atomic mass is 10.2. The van der Waals surface area contributed by atoms with E-state index < -0.39 is 0 Å². The fourth-order valence-corrected chi connectivity index (χ4v) is 5.05. The predicted octanol–water partition coefficient (Wildman–Crippen LogP) is 2.75. The number of rotatable bonds is 7. The third kappa shape index (κ3) is 3.28. The number of nitrogens with zero attached hydrogens (tertiary/aromatic N) is 2. The Hall–Kier alpha value is -1.60. The summed E-state index contributed by atoms with van der Waals surface area (Å²) in [6.07, 6.45) is 5.72. The zero-order chi connectivity index (χ0) is 17.1. The molecule has 0 saturated carbocycles. The van der Waals surface area contributed by atoms with Crippen LogP contribution in [0.2, 0.25) is 0 Å². The highest BCUT2D eigenvalue weighted by atomic mass is 32.2. The molecule has 0 atom stereocenters. The van der Waals surface area contributed by atoms with Crippen molar-refractivity contribution in [2.24, 2.45) is 0 Å². The fraction of sp³-hybridized carbons (Fsp3) is 0.471. The van der Waals surface area contributed by atoms with Crippen LogP contribution < -0.4 is 10.9 Å². The molecule has 5 nitrogen and oxygen atoms in total. The number of nitrogens with one attached hydrogen (secondary N) is 1. The topological polar surface area (TPSA) is 64.0 Å². The summed E-state index contributed by atoms with van der Waals surface area (Å²) < 4.78 is 1.64. The lowest BCUT2D eigenvalue weighted by molar-refractivity contribution is -0.118. The Morgan fingerprint density at radius 3 is 3.08 bits per heavy atom. The van der Waals surface area contributed by atoms with Gasteiger partial charge in [0.15, 0.2) is 5.16 Å². The molecule has 0 unspecified atom stereocenters. The van der Waals surface area contributed by atoms with Crippen molar-refractivity contribution in [3.63, 3.8) is 0 Å². The van der Waals surface area contributed by atoms with Gasteiger partial charge in [-0.15, -0.1) is 17.9 Å². The van der Waals surface area contributed by atoms with Crippen molar-refractivity contribution in [2.45, 2.75) is 44.3 Å². The number of aryl methyl sites for hydroxylation is 2. The molecule has 0 aliphatic heterocycles. The molecule has 2 heterocycles. The molecule has 2 aromatic rings. The first-order valence-corrected chi connectivity index (χ1v) is 10.0. The molecule has 0 spiro atoms. The molecule has 0 fully saturated rings. The number of aromatic nitrogens is 2. The summed E-state index contributed by atoms with van der Waals surface area (Å²) in [4.78, 5) is 31.6. The van der Waals surface area contributed by atoms with Crippen molar-refractivity contribution in [3.05, 3.63) is 33.4 Å². The van der Waals surface area contributed by atoms with Crippen molar-refractivity contribution in [1.82, 2.24) is 14.9 Å². The summed E-state index contributed by atoms with van der Waals surface area (Å²) in [6.45, 7) is 6.83. The van der Waals surface area contributed by atoms with Gasteiger partial charge in [0.1, 0.15) is 4.83 Å². The van der Waals surface area contributed by atoms with Crippen molar-refractivity contribution in [3.8, 4) is 0 Å². The van der Waals surface area contributed by atoms with Gasteiger partial charge in [0.25, 0.3) is 5.56 Å². The first-order valence-electron chi connectivity index (χ1n) is 8.21. The minimum Gasteiger partial charge on any atom is -0.355 e. The van der Waals surface area contributed by atoms with Crippen LogP contribution in [0.1, 0.15) is 30.2 Å². The predicted molar refractivity (Wildman–Crippen MR) is 100 cm³/mol. The van der Waals surface area contributed by atoms with Crippen LogP contribution in [0.25, 0.3) is 10.2 Å². The number of fused-ring (bicyclic) bond motifs is 3. The molecule has 24 heavy (non-hydrogen) atoms. The molecular weight excluding hydrogens is 342 g/mol. The number of amides is 1. The molecule has 0 saturated heterocycles. The molecule has 7 heteroatoms. The normalized spacial score (nSPS) is 13.2. The fourth-order valence-electron chi connectivity index (χ4n) is 2.90. The van der Waals surface area contributed by atoms with Crippen LogP contribution >= 0.6 is 23.1 Å². The largest absolute Gasteiger partial charge is 0.355 e. The van der Waals surface area contributed by atoms with Gasteiger partial charge in [-0.25, -0.2) is 4.98 Å². The van der Waals surface area contributed by atoms with Gasteiger partial charge in [-0.2, -0.15) is 0 Å². The van der Waals surface area contributed by atoms with E-state index in [9.17, 15) is 9.59 Å². The number of thioether (sulfide) groups is 1. The summed E-state index contributed by atoms with van der Waals surface area (Å²) in [5, 5.41) is 4.21. The van der Waals surface area contributed by atoms with E-state index in [0.717, 1.165) is 35.9 Å². The van der Waals surface area contributed by atoms with Gasteiger partial charge in [0.05, 0.1) is 11.1 Å². The van der Waals surface area contributed by atoms with Gasteiger partial charge in [0.2, 0.25) is 5.91 Å². The molecular formula is C17H21N3O2S2. The quantitative estimate of drug-likeness (QED) is 0.467. The smallest absolute Gasteiger partial charge is 0.263 e. The summed E-state index contributed by atoms with van der Waals surface area (Å²) in [7, 11) is 0. The Morgan fingerprint density at radius 1 is 1.50 bits per heavy atom. The minimum atomic E-state index is -0.0324. The van der Waals surface area contributed by atoms with E-state index in [1.54, 1.807) is 22.0 Å². The Morgan fingerprint density at radius 2 is 2.33 bits per heavy atom. The lowest BCUT2D eigenvalue weighted by Gasteiger charge is -2.10. The van der Waals surface area contributed by atoms with E-state index in [2.05, 4.69) is 16.9 Å². The Kier molecular flexibility index (Phi) is 5.40. The second-order valence-corrected chi connectivity index (χ2v) is 7.80. The Labute approximate surface area is 149 Å². The van der Waals surface area contributed by atoms with Gasteiger partial charge in [-0.3, -0.25) is 14.2 Å². The number of carbonyl (C=O) groups is 1. The molecule has 0 radical (unpaired) electrons. The van der Waals surface area contributed by atoms with E-state index in [0.29, 0.717) is 18.2 Å². The molecule has 2 aromatic heterocycles. The molecule has 1 N–H and O–H groups in total. The van der Waals surface area contributed by atoms with Crippen LogP contribution in [-0.4, -0.2) is 27.8 Å². The van der Waals surface area contributed by atoms with E-state index in [1.807, 2.05) is 6.92 Å². The summed E-state index contributed by atoms with van der Waals surface area (Å²) >= 11 is 2.94. The van der Waals surface area contributed by atoms with E-state index in [4.69, 9.17) is 0 Å². The third-order valence-electron chi connectivity index (χ3n) is 4.01. The first-order chi connectivity index (χ1) is 11.7. The maximum absolute atomic E-state index is 12.9. The third-order valence-corrected chi connectivity index (χ3v) is 6.17. The zero-order valence-electron chi connectivity index (χ0n) is 13.8. The highest BCUT2D eigenvalue weighted by molar-refractivity contribution is 7.99. The van der Waals surface area contributed by atoms with Crippen LogP contribution in [-0.2, 0) is 24.2 Å². The highest BCUT2D eigenvalue weighted by Crippen LogP contribution is 2.35. The number of hydrogen-bond acceptors (Lipinski definition) is 5. The Bertz CT molecular complexity index is 838. The number of carbonyl (C=O) groups excluding carboxylic acids is 1. The number of thiophene rings is 1. The molecule has 128 valence electrons. The van der Waals surface area contributed by atoms with Crippen molar-refractivity contribution >= 4 is 39.2 Å². The lowest BCUT2D eigenvalue weighted by Crippen LogP contribution is -2.27. The van der Waals surface area contributed by atoms with Gasteiger partial charge < -0.3 is 5.32 Å².